The second-order valence-electron chi connectivity index (χ2n) is 6.50. The van der Waals surface area contributed by atoms with Crippen LogP contribution in [0.1, 0.15) is 24.8 Å². The number of benzene rings is 1. The van der Waals surface area contributed by atoms with Crippen LogP contribution in [0.5, 0.6) is 11.5 Å². The van der Waals surface area contributed by atoms with Crippen LogP contribution in [0.4, 0.5) is 5.82 Å². The van der Waals surface area contributed by atoms with E-state index in [0.29, 0.717) is 12.6 Å². The van der Waals surface area contributed by atoms with Gasteiger partial charge in [0.1, 0.15) is 0 Å². The highest BCUT2D eigenvalue weighted by Crippen LogP contribution is 2.33. The van der Waals surface area contributed by atoms with Gasteiger partial charge in [0, 0.05) is 43.9 Å². The highest BCUT2D eigenvalue weighted by atomic mass is 16.5. The van der Waals surface area contributed by atoms with Crippen molar-refractivity contribution in [2.45, 2.75) is 31.8 Å². The van der Waals surface area contributed by atoms with Gasteiger partial charge in [-0.2, -0.15) is 5.10 Å². The first kappa shape index (κ1) is 16.1. The van der Waals surface area contributed by atoms with Gasteiger partial charge in [0.15, 0.2) is 17.3 Å². The number of aromatic nitrogens is 2. The van der Waals surface area contributed by atoms with Crippen LogP contribution in [0.2, 0.25) is 0 Å². The van der Waals surface area contributed by atoms with Crippen LogP contribution in [0.15, 0.2) is 36.5 Å². The predicted octanol–water partition coefficient (Wildman–Crippen LogP) is 2.40. The highest BCUT2D eigenvalue weighted by molar-refractivity contribution is 5.47. The van der Waals surface area contributed by atoms with Crippen molar-refractivity contribution in [1.29, 1.82) is 0 Å². The Morgan fingerprint density at radius 2 is 2.08 bits per heavy atom. The van der Waals surface area contributed by atoms with Crippen molar-refractivity contribution < 1.29 is 9.47 Å². The third-order valence-electron chi connectivity index (χ3n) is 4.78. The molecule has 25 heavy (non-hydrogen) atoms. The number of nitrogens with one attached hydrogen (secondary N) is 1. The minimum atomic E-state index is 0.455. The first-order valence-electron chi connectivity index (χ1n) is 9.04. The SMILES string of the molecule is c1cnnc(N2CCCC2CNCc2cccc3c2OCCCO3)c1. The Balaban J connectivity index is 1.38. The summed E-state index contributed by atoms with van der Waals surface area (Å²) in [6.45, 7) is 4.17. The van der Waals surface area contributed by atoms with E-state index in [9.17, 15) is 0 Å². The molecule has 2 aromatic rings. The van der Waals surface area contributed by atoms with Crippen LogP contribution in [-0.4, -0.2) is 42.5 Å². The van der Waals surface area contributed by atoms with Crippen molar-refractivity contribution in [1.82, 2.24) is 15.5 Å². The molecule has 0 aliphatic carbocycles. The highest BCUT2D eigenvalue weighted by Gasteiger charge is 2.25. The fourth-order valence-electron chi connectivity index (χ4n) is 3.56. The van der Waals surface area contributed by atoms with E-state index in [4.69, 9.17) is 9.47 Å². The summed E-state index contributed by atoms with van der Waals surface area (Å²) in [5.41, 5.74) is 1.16. The van der Waals surface area contributed by atoms with Gasteiger partial charge >= 0.3 is 0 Å². The second-order valence-corrected chi connectivity index (χ2v) is 6.50. The summed E-state index contributed by atoms with van der Waals surface area (Å²) in [5, 5.41) is 11.9. The zero-order valence-corrected chi connectivity index (χ0v) is 14.4. The van der Waals surface area contributed by atoms with E-state index in [1.807, 2.05) is 24.3 Å². The topological polar surface area (TPSA) is 59.5 Å². The number of fused-ring (bicyclic) bond motifs is 1. The van der Waals surface area contributed by atoms with Gasteiger partial charge in [-0.25, -0.2) is 0 Å². The summed E-state index contributed by atoms with van der Waals surface area (Å²) in [5.74, 6) is 2.72. The fourth-order valence-corrected chi connectivity index (χ4v) is 3.56. The summed E-state index contributed by atoms with van der Waals surface area (Å²) in [4.78, 5) is 2.35. The Labute approximate surface area is 148 Å². The molecule has 0 radical (unpaired) electrons. The summed E-state index contributed by atoms with van der Waals surface area (Å²) >= 11 is 0. The molecule has 1 unspecified atom stereocenters. The van der Waals surface area contributed by atoms with Crippen LogP contribution < -0.4 is 19.7 Å². The van der Waals surface area contributed by atoms with E-state index >= 15 is 0 Å². The Bertz CT molecular complexity index is 695. The van der Waals surface area contributed by atoms with Gasteiger partial charge in [0.25, 0.3) is 0 Å². The van der Waals surface area contributed by atoms with E-state index in [2.05, 4.69) is 26.5 Å². The number of rotatable bonds is 5. The molecular formula is C19H24N4O2. The number of para-hydroxylation sites is 1. The number of ether oxygens (including phenoxy) is 2. The second kappa shape index (κ2) is 7.70. The van der Waals surface area contributed by atoms with Crippen LogP contribution in [-0.2, 0) is 6.54 Å². The van der Waals surface area contributed by atoms with Gasteiger partial charge in [0.05, 0.1) is 13.2 Å². The monoisotopic (exact) mass is 340 g/mol. The van der Waals surface area contributed by atoms with Crippen molar-refractivity contribution in [3.8, 4) is 11.5 Å². The normalized spacial score (nSPS) is 19.7. The Hall–Kier alpha value is -2.34. The molecule has 0 bridgehead atoms. The molecule has 1 aromatic heterocycles. The molecule has 0 amide bonds. The average molecular weight is 340 g/mol. The van der Waals surface area contributed by atoms with E-state index < -0.39 is 0 Å². The lowest BCUT2D eigenvalue weighted by atomic mass is 10.1. The minimum Gasteiger partial charge on any atom is -0.490 e. The van der Waals surface area contributed by atoms with Gasteiger partial charge in [-0.15, -0.1) is 5.10 Å². The van der Waals surface area contributed by atoms with Gasteiger partial charge in [-0.1, -0.05) is 12.1 Å². The smallest absolute Gasteiger partial charge is 0.165 e. The lowest BCUT2D eigenvalue weighted by Crippen LogP contribution is -2.38. The molecule has 1 saturated heterocycles. The number of hydrogen-bond donors (Lipinski definition) is 1. The van der Waals surface area contributed by atoms with E-state index in [1.54, 1.807) is 6.20 Å². The molecule has 132 valence electrons. The van der Waals surface area contributed by atoms with Crippen molar-refractivity contribution in [3.63, 3.8) is 0 Å². The van der Waals surface area contributed by atoms with Crippen molar-refractivity contribution in [3.05, 3.63) is 42.1 Å². The van der Waals surface area contributed by atoms with Crippen LogP contribution in [0, 0.1) is 0 Å². The predicted molar refractivity (Wildman–Crippen MR) is 96.2 cm³/mol. The summed E-state index contributed by atoms with van der Waals surface area (Å²) in [7, 11) is 0. The molecule has 1 atom stereocenters. The zero-order valence-electron chi connectivity index (χ0n) is 14.4. The molecule has 3 heterocycles. The number of nitrogens with zero attached hydrogens (tertiary/aromatic N) is 3. The maximum absolute atomic E-state index is 5.90. The van der Waals surface area contributed by atoms with Crippen molar-refractivity contribution in [2.75, 3.05) is 31.2 Å². The molecule has 2 aliphatic rings. The number of hydrogen-bond acceptors (Lipinski definition) is 6. The van der Waals surface area contributed by atoms with Crippen LogP contribution in [0.3, 0.4) is 0 Å². The van der Waals surface area contributed by atoms with E-state index in [1.165, 1.54) is 12.8 Å². The molecule has 0 spiro atoms. The van der Waals surface area contributed by atoms with E-state index in [0.717, 1.165) is 55.5 Å². The van der Waals surface area contributed by atoms with Crippen LogP contribution >= 0.6 is 0 Å². The quantitative estimate of drug-likeness (QED) is 0.902. The molecule has 6 nitrogen and oxygen atoms in total. The molecule has 0 saturated carbocycles. The molecule has 2 aliphatic heterocycles. The molecule has 1 aromatic carbocycles. The van der Waals surface area contributed by atoms with Gasteiger partial charge in [0.2, 0.25) is 0 Å². The third-order valence-corrected chi connectivity index (χ3v) is 4.78. The third kappa shape index (κ3) is 3.69. The van der Waals surface area contributed by atoms with Gasteiger partial charge in [-0.05, 0) is 31.0 Å². The summed E-state index contributed by atoms with van der Waals surface area (Å²) < 4.78 is 11.7. The molecular weight excluding hydrogens is 316 g/mol. The van der Waals surface area contributed by atoms with Crippen molar-refractivity contribution in [2.24, 2.45) is 0 Å². The fraction of sp³-hybridized carbons (Fsp3) is 0.474. The Morgan fingerprint density at radius 1 is 1.12 bits per heavy atom. The molecule has 1 fully saturated rings. The van der Waals surface area contributed by atoms with Gasteiger partial charge < -0.3 is 19.7 Å². The maximum atomic E-state index is 5.90. The lowest BCUT2D eigenvalue weighted by Gasteiger charge is -2.25. The molecule has 6 heteroatoms. The first-order chi connectivity index (χ1) is 12.4. The Morgan fingerprint density at radius 3 is 3.00 bits per heavy atom. The summed E-state index contributed by atoms with van der Waals surface area (Å²) in [6, 6.07) is 10.6. The van der Waals surface area contributed by atoms with E-state index in [-0.39, 0.29) is 0 Å². The summed E-state index contributed by atoms with van der Waals surface area (Å²) in [6.07, 6.45) is 5.02. The largest absolute Gasteiger partial charge is 0.490 e. The van der Waals surface area contributed by atoms with Crippen molar-refractivity contribution >= 4 is 5.82 Å². The average Bonchev–Trinajstić information content (AvgIpc) is 2.98. The van der Waals surface area contributed by atoms with Crippen LogP contribution in [0.25, 0.3) is 0 Å². The lowest BCUT2D eigenvalue weighted by molar-refractivity contribution is 0.296. The minimum absolute atomic E-state index is 0.455. The molecule has 4 rings (SSSR count). The number of anilines is 1. The Kier molecular flexibility index (Phi) is 4.97. The zero-order chi connectivity index (χ0) is 16.9. The first-order valence-corrected chi connectivity index (χ1v) is 9.04. The van der Waals surface area contributed by atoms with Gasteiger partial charge in [-0.3, -0.25) is 0 Å². The standard InChI is InChI=1S/C19H24N4O2/c1-5-15(19-17(7-1)24-11-4-12-25-19)13-20-14-16-6-3-10-23(16)18-8-2-9-21-22-18/h1-2,5,7-9,16,20H,3-4,6,10-14H2. The molecule has 1 N–H and O–H groups in total. The maximum Gasteiger partial charge on any atom is 0.165 e.